The molecule has 236 valence electrons. The van der Waals surface area contributed by atoms with E-state index in [-0.39, 0.29) is 5.97 Å². The van der Waals surface area contributed by atoms with E-state index in [0.717, 1.165) is 51.1 Å². The van der Waals surface area contributed by atoms with Gasteiger partial charge in [0.05, 0.1) is 0 Å². The molecular weight excluding hydrogens is 526 g/mol. The fourth-order valence-electron chi connectivity index (χ4n) is 7.02. The summed E-state index contributed by atoms with van der Waals surface area (Å²) < 4.78 is 6.22. The molecule has 0 atom stereocenters. The van der Waals surface area contributed by atoms with Gasteiger partial charge in [-0.15, -0.1) is 0 Å². The summed E-state index contributed by atoms with van der Waals surface area (Å²) in [5.74, 6) is 1.51. The average Bonchev–Trinajstić information content (AvgIpc) is 3.32. The van der Waals surface area contributed by atoms with Crippen LogP contribution in [0.3, 0.4) is 0 Å². The van der Waals surface area contributed by atoms with Crippen molar-refractivity contribution in [2.45, 2.75) is 143 Å². The molecule has 0 radical (unpaired) electrons. The van der Waals surface area contributed by atoms with Gasteiger partial charge in [0.25, 0.3) is 0 Å². The second kappa shape index (κ2) is 18.4. The third kappa shape index (κ3) is 11.2. The van der Waals surface area contributed by atoms with Gasteiger partial charge in [0.2, 0.25) is 0 Å². The molecule has 0 N–H and O–H groups in total. The Morgan fingerprint density at radius 3 is 2.00 bits per heavy atom. The summed E-state index contributed by atoms with van der Waals surface area (Å²) in [6.07, 6.45) is 22.1. The Labute approximate surface area is 263 Å². The number of piperidine rings is 1. The second-order valence-corrected chi connectivity index (χ2v) is 13.6. The summed E-state index contributed by atoms with van der Waals surface area (Å²) in [6.45, 7) is 9.98. The molecule has 0 bridgehead atoms. The highest BCUT2D eigenvalue weighted by atomic mass is 16.5. The molecule has 1 aliphatic carbocycles. The molecule has 3 heteroatoms. The van der Waals surface area contributed by atoms with Gasteiger partial charge >= 0.3 is 5.97 Å². The predicted octanol–water partition coefficient (Wildman–Crippen LogP) is 10.9. The van der Waals surface area contributed by atoms with E-state index < -0.39 is 0 Å². The summed E-state index contributed by atoms with van der Waals surface area (Å²) >= 11 is 0. The summed E-state index contributed by atoms with van der Waals surface area (Å²) in [5, 5.41) is 0. The number of nitrogens with zero attached hydrogens (tertiary/aromatic N) is 1. The average molecular weight is 586 g/mol. The van der Waals surface area contributed by atoms with E-state index in [1.54, 1.807) is 0 Å². The minimum absolute atomic E-state index is 0.0423. The quantitative estimate of drug-likeness (QED) is 0.121. The van der Waals surface area contributed by atoms with Crippen LogP contribution >= 0.6 is 0 Å². The summed E-state index contributed by atoms with van der Waals surface area (Å²) in [7, 11) is 0. The van der Waals surface area contributed by atoms with Crippen LogP contribution in [0.1, 0.15) is 144 Å². The van der Waals surface area contributed by atoms with Gasteiger partial charge in [0.15, 0.2) is 0 Å². The maximum absolute atomic E-state index is 13.1. The van der Waals surface area contributed by atoms with Crippen molar-refractivity contribution in [3.05, 3.63) is 75.9 Å². The second-order valence-electron chi connectivity index (χ2n) is 13.6. The van der Waals surface area contributed by atoms with Crippen molar-refractivity contribution < 1.29 is 9.53 Å². The number of hydrogen-bond donors (Lipinski definition) is 0. The van der Waals surface area contributed by atoms with E-state index in [4.69, 9.17) is 4.74 Å². The monoisotopic (exact) mass is 585 g/mol. The van der Waals surface area contributed by atoms with E-state index in [2.05, 4.69) is 68.1 Å². The first-order valence-electron chi connectivity index (χ1n) is 17.8. The molecule has 0 aromatic heterocycles. The number of fused-ring (bicyclic) bond motifs is 1. The van der Waals surface area contributed by atoms with Gasteiger partial charge < -0.3 is 4.74 Å². The molecule has 0 saturated carbocycles. The largest absolute Gasteiger partial charge is 0.426 e. The van der Waals surface area contributed by atoms with Gasteiger partial charge in [0, 0.05) is 18.5 Å². The van der Waals surface area contributed by atoms with Crippen molar-refractivity contribution in [3.63, 3.8) is 0 Å². The van der Waals surface area contributed by atoms with E-state index in [1.807, 2.05) is 0 Å². The topological polar surface area (TPSA) is 29.5 Å². The Morgan fingerprint density at radius 2 is 1.37 bits per heavy atom. The number of unbranched alkanes of at least 4 members (excludes halogenated alkanes) is 12. The Bertz CT molecular complexity index is 1140. The lowest BCUT2D eigenvalue weighted by Gasteiger charge is -2.32. The first-order chi connectivity index (χ1) is 21.0. The molecule has 43 heavy (non-hydrogen) atoms. The molecule has 2 aromatic carbocycles. The molecule has 3 nitrogen and oxygen atoms in total. The number of esters is 1. The molecular formula is C40H59NO2. The molecule has 4 rings (SSSR count). The zero-order valence-electron chi connectivity index (χ0n) is 27.7. The SMILES string of the molecule is CCCCCCCCCCCCCCCC(=O)OC1=C(CC2CCN(Cc3ccccc3)CC2)Cc2cc(C)c(C)cc21. The van der Waals surface area contributed by atoms with Gasteiger partial charge in [-0.05, 0) is 98.9 Å². The van der Waals surface area contributed by atoms with Crippen molar-refractivity contribution in [2.24, 2.45) is 5.92 Å². The highest BCUT2D eigenvalue weighted by Gasteiger charge is 2.29. The van der Waals surface area contributed by atoms with Crippen molar-refractivity contribution in [1.82, 2.24) is 4.90 Å². The summed E-state index contributed by atoms with van der Waals surface area (Å²) in [6, 6.07) is 15.4. The number of allylic oxidation sites excluding steroid dienone is 1. The number of benzene rings is 2. The van der Waals surface area contributed by atoms with Crippen molar-refractivity contribution in [1.29, 1.82) is 0 Å². The van der Waals surface area contributed by atoms with Gasteiger partial charge in [0.1, 0.15) is 5.76 Å². The number of carbonyl (C=O) groups is 1. The molecule has 1 fully saturated rings. The van der Waals surface area contributed by atoms with Crippen molar-refractivity contribution in [2.75, 3.05) is 13.1 Å². The number of rotatable bonds is 19. The highest BCUT2D eigenvalue weighted by Crippen LogP contribution is 2.40. The number of hydrogen-bond acceptors (Lipinski definition) is 3. The maximum atomic E-state index is 13.1. The molecule has 0 spiro atoms. The first kappa shape index (κ1) is 33.5. The fourth-order valence-corrected chi connectivity index (χ4v) is 7.02. The van der Waals surface area contributed by atoms with E-state index >= 15 is 0 Å². The minimum Gasteiger partial charge on any atom is -0.426 e. The van der Waals surface area contributed by atoms with Crippen LogP contribution in [0, 0.1) is 19.8 Å². The van der Waals surface area contributed by atoms with Gasteiger partial charge in [-0.25, -0.2) is 0 Å². The van der Waals surface area contributed by atoms with Gasteiger partial charge in [-0.2, -0.15) is 0 Å². The van der Waals surface area contributed by atoms with Crippen LogP contribution in [0.5, 0.6) is 0 Å². The fraction of sp³-hybridized carbons (Fsp3) is 0.625. The third-order valence-corrected chi connectivity index (χ3v) is 9.88. The minimum atomic E-state index is -0.0423. The predicted molar refractivity (Wildman–Crippen MR) is 182 cm³/mol. The maximum Gasteiger partial charge on any atom is 0.311 e. The van der Waals surface area contributed by atoms with Crippen LogP contribution in [-0.4, -0.2) is 24.0 Å². The summed E-state index contributed by atoms with van der Waals surface area (Å²) in [5.41, 5.74) is 7.85. The van der Waals surface area contributed by atoms with E-state index in [1.165, 1.54) is 117 Å². The number of ether oxygens (including phenoxy) is 1. The standard InChI is InChI=1S/C40H59NO2/c1-4-5-6-7-8-9-10-11-12-13-14-15-19-22-39(42)43-40-37(30-36-27-32(2)33(3)28-38(36)40)29-34-23-25-41(26-24-34)31-35-20-17-16-18-21-35/h16-18,20-21,27-28,34H,4-15,19,22-26,29-31H2,1-3H3. The van der Waals surface area contributed by atoms with Crippen LogP contribution in [0.25, 0.3) is 5.76 Å². The zero-order valence-corrected chi connectivity index (χ0v) is 27.7. The Hall–Kier alpha value is -2.39. The highest BCUT2D eigenvalue weighted by molar-refractivity contribution is 5.82. The van der Waals surface area contributed by atoms with Crippen LogP contribution < -0.4 is 0 Å². The van der Waals surface area contributed by atoms with Gasteiger partial charge in [-0.1, -0.05) is 120 Å². The molecule has 1 heterocycles. The normalized spacial score (nSPS) is 15.7. The Kier molecular flexibility index (Phi) is 14.4. The molecule has 1 saturated heterocycles. The number of likely N-dealkylation sites (tertiary alicyclic amines) is 1. The van der Waals surface area contributed by atoms with Crippen LogP contribution in [-0.2, 0) is 22.5 Å². The zero-order chi connectivity index (χ0) is 30.3. The molecule has 1 aliphatic heterocycles. The summed E-state index contributed by atoms with van der Waals surface area (Å²) in [4.78, 5) is 15.6. The number of carbonyl (C=O) groups excluding carboxylic acids is 1. The smallest absolute Gasteiger partial charge is 0.311 e. The lowest BCUT2D eigenvalue weighted by atomic mass is 9.89. The van der Waals surface area contributed by atoms with Gasteiger partial charge in [-0.3, -0.25) is 9.69 Å². The first-order valence-corrected chi connectivity index (χ1v) is 17.8. The lowest BCUT2D eigenvalue weighted by molar-refractivity contribution is -0.136. The van der Waals surface area contributed by atoms with E-state index in [9.17, 15) is 4.79 Å². The molecule has 0 unspecified atom stereocenters. The molecule has 0 amide bonds. The van der Waals surface area contributed by atoms with E-state index in [0.29, 0.717) is 12.3 Å². The Morgan fingerprint density at radius 1 is 0.791 bits per heavy atom. The van der Waals surface area contributed by atoms with Crippen LogP contribution in [0.15, 0.2) is 48.0 Å². The lowest BCUT2D eigenvalue weighted by Crippen LogP contribution is -2.33. The van der Waals surface area contributed by atoms with Crippen LogP contribution in [0.2, 0.25) is 0 Å². The third-order valence-electron chi connectivity index (χ3n) is 9.88. The number of aryl methyl sites for hydroxylation is 2. The van der Waals surface area contributed by atoms with Crippen LogP contribution in [0.4, 0.5) is 0 Å². The van der Waals surface area contributed by atoms with Crippen molar-refractivity contribution in [3.8, 4) is 0 Å². The van der Waals surface area contributed by atoms with Crippen molar-refractivity contribution >= 4 is 11.7 Å². The Balaban J connectivity index is 1.19. The molecule has 2 aromatic rings. The molecule has 2 aliphatic rings.